The lowest BCUT2D eigenvalue weighted by Crippen LogP contribution is -2.21. The highest BCUT2D eigenvalue weighted by molar-refractivity contribution is 5.75. The maximum absolute atomic E-state index is 11.3. The maximum atomic E-state index is 11.3. The summed E-state index contributed by atoms with van der Waals surface area (Å²) >= 11 is 0. The van der Waals surface area contributed by atoms with Crippen molar-refractivity contribution in [1.82, 2.24) is 0 Å². The Balaban J connectivity index is 4.16. The molecule has 0 aromatic heterocycles. The van der Waals surface area contributed by atoms with Gasteiger partial charge in [0.25, 0.3) is 0 Å². The van der Waals surface area contributed by atoms with Crippen molar-refractivity contribution in [2.75, 3.05) is 0 Å². The minimum Gasteiger partial charge on any atom is -0.434 e. The molecule has 2 nitrogen and oxygen atoms in total. The van der Waals surface area contributed by atoms with Crippen LogP contribution in [-0.4, -0.2) is 5.97 Å². The lowest BCUT2D eigenvalue weighted by atomic mass is 9.97. The van der Waals surface area contributed by atoms with Crippen molar-refractivity contribution in [1.29, 1.82) is 0 Å². The third-order valence-electron chi connectivity index (χ3n) is 1.85. The van der Waals surface area contributed by atoms with Crippen molar-refractivity contribution < 1.29 is 9.53 Å². The zero-order valence-corrected chi connectivity index (χ0v) is 9.31. The number of ether oxygens (including phenoxy) is 1. The van der Waals surface area contributed by atoms with Crippen molar-refractivity contribution in [3.63, 3.8) is 0 Å². The quantitative estimate of drug-likeness (QED) is 0.497. The van der Waals surface area contributed by atoms with Gasteiger partial charge in [0.1, 0.15) is 0 Å². The molecule has 13 heavy (non-hydrogen) atoms. The Morgan fingerprint density at radius 3 is 2.00 bits per heavy atom. The predicted molar refractivity (Wildman–Crippen MR) is 54.2 cm³/mol. The fourth-order valence-electron chi connectivity index (χ4n) is 0.730. The minimum absolute atomic E-state index is 0.174. The van der Waals surface area contributed by atoms with Crippen LogP contribution in [0, 0.1) is 5.41 Å². The molecule has 2 heteroatoms. The topological polar surface area (TPSA) is 26.3 Å². The second kappa shape index (κ2) is 5.05. The van der Waals surface area contributed by atoms with Crippen LogP contribution in [0.1, 0.15) is 47.5 Å². The fourth-order valence-corrected chi connectivity index (χ4v) is 0.730. The molecule has 0 radical (unpaired) electrons. The summed E-state index contributed by atoms with van der Waals surface area (Å²) in [6.07, 6.45) is 3.47. The molecule has 0 aliphatic carbocycles. The smallest absolute Gasteiger partial charge is 0.316 e. The van der Waals surface area contributed by atoms with Gasteiger partial charge in [-0.25, -0.2) is 0 Å². The van der Waals surface area contributed by atoms with E-state index >= 15 is 0 Å². The van der Waals surface area contributed by atoms with Gasteiger partial charge >= 0.3 is 5.97 Å². The van der Waals surface area contributed by atoms with Crippen LogP contribution in [0.2, 0.25) is 0 Å². The molecule has 0 atom stereocenters. The van der Waals surface area contributed by atoms with Crippen LogP contribution < -0.4 is 0 Å². The monoisotopic (exact) mass is 184 g/mol. The highest BCUT2D eigenvalue weighted by Crippen LogP contribution is 2.16. The largest absolute Gasteiger partial charge is 0.434 e. The third kappa shape index (κ3) is 4.71. The van der Waals surface area contributed by atoms with E-state index in [-0.39, 0.29) is 5.97 Å². The summed E-state index contributed by atoms with van der Waals surface area (Å²) in [5, 5.41) is 0. The molecule has 0 fully saturated rings. The fraction of sp³-hybridized carbons (Fsp3) is 0.727. The second-order valence-electron chi connectivity index (χ2n) is 4.14. The van der Waals surface area contributed by atoms with E-state index in [9.17, 15) is 4.79 Å². The Bertz CT molecular complexity index is 191. The van der Waals surface area contributed by atoms with Crippen LogP contribution in [0.4, 0.5) is 0 Å². The number of carbonyl (C=O) groups is 1. The summed E-state index contributed by atoms with van der Waals surface area (Å²) in [5.74, 6) is -0.174. The van der Waals surface area contributed by atoms with Crippen LogP contribution in [0.3, 0.4) is 0 Å². The van der Waals surface area contributed by atoms with Crippen LogP contribution in [0.15, 0.2) is 11.8 Å². The van der Waals surface area contributed by atoms with E-state index in [1.54, 1.807) is 6.26 Å². The van der Waals surface area contributed by atoms with Crippen LogP contribution in [0.5, 0.6) is 0 Å². The van der Waals surface area contributed by atoms with Gasteiger partial charge in [0.2, 0.25) is 0 Å². The van der Waals surface area contributed by atoms with E-state index < -0.39 is 5.41 Å². The number of hydrogen-bond donors (Lipinski definition) is 0. The molecule has 0 heterocycles. The average Bonchev–Trinajstić information content (AvgIpc) is 2.04. The van der Waals surface area contributed by atoms with Gasteiger partial charge < -0.3 is 4.74 Å². The summed E-state index contributed by atoms with van der Waals surface area (Å²) in [6, 6.07) is 0. The van der Waals surface area contributed by atoms with Gasteiger partial charge in [-0.15, -0.1) is 0 Å². The maximum Gasteiger partial charge on any atom is 0.316 e. The Morgan fingerprint density at radius 2 is 1.69 bits per heavy atom. The van der Waals surface area contributed by atoms with Crippen molar-refractivity contribution in [2.45, 2.75) is 47.5 Å². The van der Waals surface area contributed by atoms with Gasteiger partial charge in [0, 0.05) is 0 Å². The molecular weight excluding hydrogens is 164 g/mol. The Morgan fingerprint density at radius 1 is 1.23 bits per heavy atom. The van der Waals surface area contributed by atoms with Crippen LogP contribution in [-0.2, 0) is 9.53 Å². The van der Waals surface area contributed by atoms with E-state index in [0.29, 0.717) is 0 Å². The van der Waals surface area contributed by atoms with Crippen LogP contribution in [0.25, 0.3) is 0 Å². The molecule has 0 saturated heterocycles. The molecule has 0 spiro atoms. The number of allylic oxidation sites excluding steroid dienone is 1. The summed E-state index contributed by atoms with van der Waals surface area (Å²) < 4.78 is 5.05. The van der Waals surface area contributed by atoms with Crippen molar-refractivity contribution >= 4 is 5.97 Å². The number of carbonyl (C=O) groups excluding carboxylic acids is 1. The van der Waals surface area contributed by atoms with Gasteiger partial charge in [0.15, 0.2) is 0 Å². The summed E-state index contributed by atoms with van der Waals surface area (Å²) in [4.78, 5) is 11.3. The first-order valence-electron chi connectivity index (χ1n) is 4.80. The Kier molecular flexibility index (Phi) is 4.74. The second-order valence-corrected chi connectivity index (χ2v) is 4.14. The first-order chi connectivity index (χ1) is 5.91. The van der Waals surface area contributed by atoms with Crippen molar-refractivity contribution in [2.24, 2.45) is 5.41 Å². The molecule has 0 aliphatic heterocycles. The normalized spacial score (nSPS) is 10.8. The molecule has 0 amide bonds. The first-order valence-corrected chi connectivity index (χ1v) is 4.80. The number of rotatable bonds is 3. The SMILES string of the molecule is CCC(=COC(=O)C(C)(C)C)CC. The highest BCUT2D eigenvalue weighted by atomic mass is 16.5. The summed E-state index contributed by atoms with van der Waals surface area (Å²) in [5.41, 5.74) is 0.751. The Labute approximate surface area is 81.0 Å². The van der Waals surface area contributed by atoms with E-state index in [1.807, 2.05) is 20.8 Å². The molecule has 0 saturated carbocycles. The Hall–Kier alpha value is -0.790. The van der Waals surface area contributed by atoms with Gasteiger partial charge in [-0.3, -0.25) is 4.79 Å². The van der Waals surface area contributed by atoms with Crippen molar-refractivity contribution in [3.8, 4) is 0 Å². The van der Waals surface area contributed by atoms with Gasteiger partial charge in [-0.05, 0) is 39.2 Å². The molecule has 0 N–H and O–H groups in total. The molecular formula is C11H20O2. The van der Waals surface area contributed by atoms with E-state index in [2.05, 4.69) is 13.8 Å². The zero-order valence-electron chi connectivity index (χ0n) is 9.31. The average molecular weight is 184 g/mol. The van der Waals surface area contributed by atoms with Gasteiger partial charge in [0.05, 0.1) is 11.7 Å². The lowest BCUT2D eigenvalue weighted by molar-refractivity contribution is -0.147. The van der Waals surface area contributed by atoms with E-state index in [0.717, 1.165) is 18.4 Å². The first kappa shape index (κ1) is 12.2. The third-order valence-corrected chi connectivity index (χ3v) is 1.85. The molecule has 0 aliphatic rings. The molecule has 0 bridgehead atoms. The lowest BCUT2D eigenvalue weighted by Gasteiger charge is -2.14. The molecule has 0 rings (SSSR count). The van der Waals surface area contributed by atoms with Gasteiger partial charge in [-0.1, -0.05) is 13.8 Å². The van der Waals surface area contributed by atoms with Gasteiger partial charge in [-0.2, -0.15) is 0 Å². The summed E-state index contributed by atoms with van der Waals surface area (Å²) in [6.45, 7) is 9.66. The molecule has 0 unspecified atom stereocenters. The summed E-state index contributed by atoms with van der Waals surface area (Å²) in [7, 11) is 0. The zero-order chi connectivity index (χ0) is 10.5. The number of esters is 1. The van der Waals surface area contributed by atoms with Crippen molar-refractivity contribution in [3.05, 3.63) is 11.8 Å². The standard InChI is InChI=1S/C11H20O2/c1-6-9(7-2)8-13-10(12)11(3,4)5/h8H,6-7H2,1-5H3. The molecule has 76 valence electrons. The van der Waals surface area contributed by atoms with E-state index in [4.69, 9.17) is 4.74 Å². The molecule has 0 aromatic rings. The molecule has 0 aromatic carbocycles. The van der Waals surface area contributed by atoms with Crippen LogP contribution >= 0.6 is 0 Å². The number of hydrogen-bond acceptors (Lipinski definition) is 2. The minimum atomic E-state index is -0.414. The highest BCUT2D eigenvalue weighted by Gasteiger charge is 2.22. The van der Waals surface area contributed by atoms with E-state index in [1.165, 1.54) is 0 Å². The predicted octanol–water partition coefficient (Wildman–Crippen LogP) is 3.28.